The van der Waals surface area contributed by atoms with E-state index in [0.29, 0.717) is 5.69 Å². The fourth-order valence-electron chi connectivity index (χ4n) is 3.51. The molecule has 0 N–H and O–H groups in total. The number of amides is 1. The average Bonchev–Trinajstić information content (AvgIpc) is 2.80. The molecule has 1 unspecified atom stereocenters. The molecule has 1 amide bonds. The Morgan fingerprint density at radius 3 is 2.56 bits per heavy atom. The molecular formula is C19H19N5O3. The van der Waals surface area contributed by atoms with Crippen LogP contribution in [-0.4, -0.2) is 59.8 Å². The highest BCUT2D eigenvalue weighted by atomic mass is 16.6. The van der Waals surface area contributed by atoms with Crippen molar-refractivity contribution in [2.24, 2.45) is 4.99 Å². The zero-order chi connectivity index (χ0) is 19.1. The van der Waals surface area contributed by atoms with Gasteiger partial charge in [0.05, 0.1) is 16.2 Å². The first kappa shape index (κ1) is 17.2. The van der Waals surface area contributed by atoms with E-state index in [1.54, 1.807) is 11.0 Å². The van der Waals surface area contributed by atoms with Crippen LogP contribution in [0, 0.1) is 10.1 Å². The lowest BCUT2D eigenvalue weighted by atomic mass is 10.1. The van der Waals surface area contributed by atoms with E-state index in [9.17, 15) is 14.9 Å². The van der Waals surface area contributed by atoms with Crippen LogP contribution in [0.1, 0.15) is 10.4 Å². The topological polar surface area (TPSA) is 82.3 Å². The lowest BCUT2D eigenvalue weighted by Crippen LogP contribution is -2.62. The summed E-state index contributed by atoms with van der Waals surface area (Å²) >= 11 is 0. The standard InChI is InChI=1S/C19H19N5O3/c1-21-10-11-22(2)18-17(21)20-16-9-8-14(24(26)27)12-15(16)19(25)23(18)13-6-4-3-5-7-13/h3-9,12,18H,10-11H2,1-2H3. The fraction of sp³-hybridized carbons (Fsp3) is 0.263. The van der Waals surface area contributed by atoms with Crippen LogP contribution in [0.25, 0.3) is 0 Å². The number of hydrogen-bond acceptors (Lipinski definition) is 6. The minimum atomic E-state index is -0.496. The summed E-state index contributed by atoms with van der Waals surface area (Å²) in [6.07, 6.45) is -0.384. The Morgan fingerprint density at radius 1 is 1.11 bits per heavy atom. The van der Waals surface area contributed by atoms with Gasteiger partial charge in [-0.15, -0.1) is 0 Å². The molecular weight excluding hydrogens is 346 g/mol. The number of rotatable bonds is 2. The van der Waals surface area contributed by atoms with E-state index in [-0.39, 0.29) is 23.3 Å². The first-order chi connectivity index (χ1) is 13.0. The number of anilines is 1. The van der Waals surface area contributed by atoms with Crippen molar-refractivity contribution in [3.8, 4) is 0 Å². The second-order valence-corrected chi connectivity index (χ2v) is 6.72. The Labute approximate surface area is 156 Å². The molecule has 0 spiro atoms. The van der Waals surface area contributed by atoms with Crippen LogP contribution in [0.2, 0.25) is 0 Å². The number of non-ortho nitro benzene ring substituents is 1. The molecule has 8 heteroatoms. The normalized spacial score (nSPS) is 19.9. The first-order valence-corrected chi connectivity index (χ1v) is 8.64. The summed E-state index contributed by atoms with van der Waals surface area (Å²) in [5, 5.41) is 11.2. The van der Waals surface area contributed by atoms with Crippen molar-refractivity contribution in [3.63, 3.8) is 0 Å². The molecule has 2 aliphatic rings. The average molecular weight is 365 g/mol. The molecule has 0 saturated carbocycles. The lowest BCUT2D eigenvalue weighted by Gasteiger charge is -2.44. The molecule has 2 aliphatic heterocycles. The highest BCUT2D eigenvalue weighted by Gasteiger charge is 2.40. The van der Waals surface area contributed by atoms with E-state index in [1.165, 1.54) is 12.1 Å². The van der Waals surface area contributed by atoms with Crippen LogP contribution >= 0.6 is 0 Å². The summed E-state index contributed by atoms with van der Waals surface area (Å²) in [5.74, 6) is 0.444. The van der Waals surface area contributed by atoms with E-state index in [1.807, 2.05) is 49.3 Å². The zero-order valence-electron chi connectivity index (χ0n) is 15.1. The molecule has 0 bridgehead atoms. The number of fused-ring (bicyclic) bond motifs is 2. The van der Waals surface area contributed by atoms with Gasteiger partial charge in [-0.3, -0.25) is 24.7 Å². The van der Waals surface area contributed by atoms with Crippen molar-refractivity contribution in [2.45, 2.75) is 6.17 Å². The van der Waals surface area contributed by atoms with Gasteiger partial charge in [-0.2, -0.15) is 0 Å². The molecule has 138 valence electrons. The number of amidine groups is 1. The zero-order valence-corrected chi connectivity index (χ0v) is 15.1. The maximum atomic E-state index is 13.5. The number of aliphatic imine (C=N–C) groups is 1. The molecule has 2 aromatic rings. The largest absolute Gasteiger partial charge is 0.359 e. The van der Waals surface area contributed by atoms with Gasteiger partial charge in [-0.1, -0.05) is 18.2 Å². The number of hydrogen-bond donors (Lipinski definition) is 0. The summed E-state index contributed by atoms with van der Waals surface area (Å²) < 4.78 is 0. The minimum absolute atomic E-state index is 0.123. The van der Waals surface area contributed by atoms with E-state index >= 15 is 0 Å². The molecule has 0 radical (unpaired) electrons. The number of para-hydroxylation sites is 1. The Balaban J connectivity index is 1.95. The predicted octanol–water partition coefficient (Wildman–Crippen LogP) is 2.49. The smallest absolute Gasteiger partial charge is 0.270 e. The second kappa shape index (κ2) is 6.48. The molecule has 1 saturated heterocycles. The van der Waals surface area contributed by atoms with E-state index < -0.39 is 4.92 Å². The van der Waals surface area contributed by atoms with Gasteiger partial charge in [-0.25, -0.2) is 4.99 Å². The van der Waals surface area contributed by atoms with Crippen molar-refractivity contribution in [3.05, 3.63) is 64.2 Å². The summed E-state index contributed by atoms with van der Waals surface area (Å²) in [4.78, 5) is 34.7. The van der Waals surface area contributed by atoms with Crippen LogP contribution < -0.4 is 4.90 Å². The molecule has 8 nitrogen and oxygen atoms in total. The lowest BCUT2D eigenvalue weighted by molar-refractivity contribution is -0.384. The van der Waals surface area contributed by atoms with Crippen molar-refractivity contribution in [2.75, 3.05) is 32.1 Å². The Morgan fingerprint density at radius 2 is 1.85 bits per heavy atom. The number of benzene rings is 2. The number of nitro benzene ring substituents is 1. The highest BCUT2D eigenvalue weighted by molar-refractivity contribution is 6.15. The van der Waals surface area contributed by atoms with Gasteiger partial charge in [-0.05, 0) is 25.2 Å². The number of likely N-dealkylation sites (N-methyl/N-ethyl adjacent to an activating group) is 2. The Hall–Kier alpha value is -3.26. The van der Waals surface area contributed by atoms with Crippen molar-refractivity contribution in [1.82, 2.24) is 9.80 Å². The third-order valence-corrected chi connectivity index (χ3v) is 4.98. The molecule has 27 heavy (non-hydrogen) atoms. The first-order valence-electron chi connectivity index (χ1n) is 8.64. The third kappa shape index (κ3) is 2.83. The maximum absolute atomic E-state index is 13.5. The molecule has 1 atom stereocenters. The Bertz CT molecular complexity index is 944. The van der Waals surface area contributed by atoms with Crippen LogP contribution in [0.4, 0.5) is 17.1 Å². The van der Waals surface area contributed by atoms with E-state index in [4.69, 9.17) is 4.99 Å². The predicted molar refractivity (Wildman–Crippen MR) is 102 cm³/mol. The van der Waals surface area contributed by atoms with Crippen LogP contribution in [0.3, 0.4) is 0 Å². The van der Waals surface area contributed by atoms with Gasteiger partial charge in [0.2, 0.25) is 0 Å². The summed E-state index contributed by atoms with van der Waals surface area (Å²) in [5.41, 5.74) is 1.28. The summed E-state index contributed by atoms with van der Waals surface area (Å²) in [6.45, 7) is 1.55. The van der Waals surface area contributed by atoms with Gasteiger partial charge in [0.15, 0.2) is 0 Å². The quantitative estimate of drug-likeness (QED) is 0.603. The monoisotopic (exact) mass is 365 g/mol. The number of piperazine rings is 1. The number of carbonyl (C=O) groups excluding carboxylic acids is 1. The van der Waals surface area contributed by atoms with Crippen molar-refractivity contribution < 1.29 is 9.72 Å². The number of carbonyl (C=O) groups is 1. The number of nitro groups is 1. The Kier molecular flexibility index (Phi) is 4.12. The molecule has 1 fully saturated rings. The van der Waals surface area contributed by atoms with E-state index in [2.05, 4.69) is 4.90 Å². The highest BCUT2D eigenvalue weighted by Crippen LogP contribution is 2.34. The molecule has 2 aromatic carbocycles. The van der Waals surface area contributed by atoms with Gasteiger partial charge in [0.25, 0.3) is 11.6 Å². The second-order valence-electron chi connectivity index (χ2n) is 6.72. The molecule has 0 aliphatic carbocycles. The van der Waals surface area contributed by atoms with Gasteiger partial charge < -0.3 is 4.90 Å². The van der Waals surface area contributed by atoms with Crippen molar-refractivity contribution in [1.29, 1.82) is 0 Å². The van der Waals surface area contributed by atoms with Gasteiger partial charge in [0, 0.05) is 38.0 Å². The molecule has 4 rings (SSSR count). The molecule has 0 aromatic heterocycles. The third-order valence-electron chi connectivity index (χ3n) is 4.98. The number of nitrogens with zero attached hydrogens (tertiary/aromatic N) is 5. The summed E-state index contributed by atoms with van der Waals surface area (Å²) in [7, 11) is 3.90. The van der Waals surface area contributed by atoms with Gasteiger partial charge >= 0.3 is 0 Å². The van der Waals surface area contributed by atoms with Crippen LogP contribution in [-0.2, 0) is 0 Å². The van der Waals surface area contributed by atoms with E-state index in [0.717, 1.165) is 24.6 Å². The van der Waals surface area contributed by atoms with Gasteiger partial charge in [0.1, 0.15) is 12.0 Å². The van der Waals surface area contributed by atoms with Crippen molar-refractivity contribution >= 4 is 28.8 Å². The minimum Gasteiger partial charge on any atom is -0.359 e. The maximum Gasteiger partial charge on any atom is 0.270 e. The SMILES string of the molecule is CN1CCN(C)C2C1=Nc1ccc([N+](=O)[O-])cc1C(=O)N2c1ccccc1. The molecule has 2 heterocycles. The summed E-state index contributed by atoms with van der Waals surface area (Å²) in [6, 6.07) is 13.6. The fourth-order valence-corrected chi connectivity index (χ4v) is 3.51. The van der Waals surface area contributed by atoms with Crippen LogP contribution in [0.15, 0.2) is 53.5 Å². The van der Waals surface area contributed by atoms with Crippen LogP contribution in [0.5, 0.6) is 0 Å².